The molecule has 1 aromatic carbocycles. The number of anilines is 1. The lowest BCUT2D eigenvalue weighted by atomic mass is 10.2. The topological polar surface area (TPSA) is 42.7 Å². The molecule has 0 aliphatic carbocycles. The Balaban J connectivity index is 1.83. The molecule has 0 saturated carbocycles. The zero-order valence-electron chi connectivity index (χ0n) is 11.6. The first-order chi connectivity index (χ1) is 11.1. The predicted molar refractivity (Wildman–Crippen MR) is 75.0 cm³/mol. The van der Waals surface area contributed by atoms with E-state index < -0.39 is 29.2 Å². The Labute approximate surface area is 128 Å². The average molecular weight is 322 g/mol. The zero-order chi connectivity index (χ0) is 16.4. The molecule has 2 heterocycles. The maximum absolute atomic E-state index is 13.5. The summed E-state index contributed by atoms with van der Waals surface area (Å²) < 4.78 is 54.8. The van der Waals surface area contributed by atoms with Gasteiger partial charge in [0.05, 0.1) is 5.69 Å². The van der Waals surface area contributed by atoms with E-state index in [0.29, 0.717) is 5.56 Å². The summed E-state index contributed by atoms with van der Waals surface area (Å²) >= 11 is 0. The molecule has 4 nitrogen and oxygen atoms in total. The van der Waals surface area contributed by atoms with Crippen molar-refractivity contribution >= 4 is 5.69 Å². The second kappa shape index (κ2) is 6.07. The molecule has 3 rings (SSSR count). The summed E-state index contributed by atoms with van der Waals surface area (Å²) in [6.45, 7) is -0.0359. The highest BCUT2D eigenvalue weighted by Gasteiger charge is 2.20. The molecule has 3 aromatic rings. The van der Waals surface area contributed by atoms with Crippen LogP contribution in [0.15, 0.2) is 42.7 Å². The quantitative estimate of drug-likeness (QED) is 0.591. The first-order valence-corrected chi connectivity index (χ1v) is 6.59. The third-order valence-corrected chi connectivity index (χ3v) is 3.15. The Morgan fingerprint density at radius 1 is 1.00 bits per heavy atom. The van der Waals surface area contributed by atoms with Crippen LogP contribution in [0.2, 0.25) is 0 Å². The summed E-state index contributed by atoms with van der Waals surface area (Å²) in [4.78, 5) is 2.50. The number of hydrogen-bond donors (Lipinski definition) is 1. The Bertz CT molecular complexity index is 807. The molecular formula is C15H10F4N4. The van der Waals surface area contributed by atoms with Gasteiger partial charge in [-0.05, 0) is 23.8 Å². The summed E-state index contributed by atoms with van der Waals surface area (Å²) in [6.07, 6.45) is 3.34. The molecule has 0 saturated heterocycles. The van der Waals surface area contributed by atoms with E-state index in [0.717, 1.165) is 5.69 Å². The van der Waals surface area contributed by atoms with Crippen LogP contribution in [0.3, 0.4) is 0 Å². The van der Waals surface area contributed by atoms with Gasteiger partial charge in [-0.2, -0.15) is 27.6 Å². The first-order valence-electron chi connectivity index (χ1n) is 6.59. The van der Waals surface area contributed by atoms with E-state index in [1.807, 2.05) is 0 Å². The number of halogens is 4. The van der Waals surface area contributed by atoms with Gasteiger partial charge < -0.3 is 5.32 Å². The van der Waals surface area contributed by atoms with Crippen molar-refractivity contribution in [3.63, 3.8) is 0 Å². The van der Waals surface area contributed by atoms with Crippen molar-refractivity contribution in [3.05, 3.63) is 71.8 Å². The van der Waals surface area contributed by atoms with Crippen LogP contribution in [-0.4, -0.2) is 14.8 Å². The van der Waals surface area contributed by atoms with Gasteiger partial charge in [-0.1, -0.05) is 12.1 Å². The van der Waals surface area contributed by atoms with Crippen LogP contribution in [0, 0.1) is 23.5 Å². The van der Waals surface area contributed by atoms with Crippen LogP contribution in [0.4, 0.5) is 23.2 Å². The molecule has 23 heavy (non-hydrogen) atoms. The minimum atomic E-state index is -1.70. The molecule has 0 bridgehead atoms. The van der Waals surface area contributed by atoms with Crippen LogP contribution in [0.25, 0.3) is 5.69 Å². The summed E-state index contributed by atoms with van der Waals surface area (Å²) in [5.74, 6) is -6.52. The van der Waals surface area contributed by atoms with Gasteiger partial charge >= 0.3 is 0 Å². The zero-order valence-corrected chi connectivity index (χ0v) is 11.6. The smallest absolute Gasteiger partial charge is 0.253 e. The van der Waals surface area contributed by atoms with E-state index in [4.69, 9.17) is 0 Å². The number of nitrogens with zero attached hydrogens (tertiary/aromatic N) is 3. The lowest BCUT2D eigenvalue weighted by Crippen LogP contribution is -2.09. The van der Waals surface area contributed by atoms with Gasteiger partial charge in [-0.3, -0.25) is 0 Å². The van der Waals surface area contributed by atoms with Gasteiger partial charge in [0.2, 0.25) is 11.6 Å². The maximum atomic E-state index is 13.5. The fourth-order valence-corrected chi connectivity index (χ4v) is 2.06. The number of hydrogen-bond acceptors (Lipinski definition) is 3. The van der Waals surface area contributed by atoms with Crippen molar-refractivity contribution in [2.24, 2.45) is 0 Å². The van der Waals surface area contributed by atoms with Gasteiger partial charge in [0.25, 0.3) is 11.9 Å². The Morgan fingerprint density at radius 2 is 1.74 bits per heavy atom. The second-order valence-corrected chi connectivity index (χ2v) is 4.67. The molecular weight excluding hydrogens is 312 g/mol. The van der Waals surface area contributed by atoms with Crippen molar-refractivity contribution in [1.29, 1.82) is 0 Å². The van der Waals surface area contributed by atoms with E-state index in [9.17, 15) is 17.6 Å². The van der Waals surface area contributed by atoms with Crippen LogP contribution in [0.5, 0.6) is 0 Å². The molecule has 8 heteroatoms. The van der Waals surface area contributed by atoms with Gasteiger partial charge in [0.15, 0.2) is 0 Å². The maximum Gasteiger partial charge on any atom is 0.253 e. The summed E-state index contributed by atoms with van der Waals surface area (Å²) in [5.41, 5.74) is 0.497. The van der Waals surface area contributed by atoms with Crippen molar-refractivity contribution in [2.45, 2.75) is 6.54 Å². The molecule has 118 valence electrons. The molecule has 2 aromatic heterocycles. The average Bonchev–Trinajstić information content (AvgIpc) is 3.08. The van der Waals surface area contributed by atoms with E-state index in [2.05, 4.69) is 15.4 Å². The van der Waals surface area contributed by atoms with E-state index in [-0.39, 0.29) is 6.54 Å². The molecule has 0 aliphatic rings. The van der Waals surface area contributed by atoms with Crippen LogP contribution >= 0.6 is 0 Å². The van der Waals surface area contributed by atoms with Gasteiger partial charge in [0.1, 0.15) is 5.69 Å². The second-order valence-electron chi connectivity index (χ2n) is 4.67. The molecule has 0 atom stereocenters. The third kappa shape index (κ3) is 3.01. The van der Waals surface area contributed by atoms with Gasteiger partial charge in [0, 0.05) is 18.9 Å². The number of aromatic nitrogens is 3. The van der Waals surface area contributed by atoms with E-state index in [1.165, 1.54) is 0 Å². The van der Waals surface area contributed by atoms with Gasteiger partial charge in [-0.25, -0.2) is 4.68 Å². The molecule has 0 radical (unpaired) electrons. The van der Waals surface area contributed by atoms with Crippen molar-refractivity contribution in [3.8, 4) is 5.69 Å². The number of nitrogens with one attached hydrogen (secondary N) is 1. The summed E-state index contributed by atoms with van der Waals surface area (Å²) in [7, 11) is 0. The fourth-order valence-electron chi connectivity index (χ4n) is 2.06. The van der Waals surface area contributed by atoms with Crippen molar-refractivity contribution < 1.29 is 17.6 Å². The first kappa shape index (κ1) is 15.0. The highest BCUT2D eigenvalue weighted by Crippen LogP contribution is 2.23. The molecule has 0 unspecified atom stereocenters. The number of pyridine rings is 1. The lowest BCUT2D eigenvalue weighted by molar-refractivity contribution is 0.410. The lowest BCUT2D eigenvalue weighted by Gasteiger charge is -2.10. The van der Waals surface area contributed by atoms with Crippen LogP contribution < -0.4 is 5.32 Å². The van der Waals surface area contributed by atoms with Crippen molar-refractivity contribution in [2.75, 3.05) is 5.32 Å². The molecule has 0 fully saturated rings. The largest absolute Gasteiger partial charge is 0.376 e. The van der Waals surface area contributed by atoms with Crippen LogP contribution in [-0.2, 0) is 6.54 Å². The Kier molecular flexibility index (Phi) is 3.96. The van der Waals surface area contributed by atoms with E-state index in [1.54, 1.807) is 47.4 Å². The minimum Gasteiger partial charge on any atom is -0.376 e. The Hall–Kier alpha value is -2.90. The highest BCUT2D eigenvalue weighted by molar-refractivity contribution is 5.46. The summed E-state index contributed by atoms with van der Waals surface area (Å²) in [5, 5.41) is 6.42. The third-order valence-electron chi connectivity index (χ3n) is 3.15. The summed E-state index contributed by atoms with van der Waals surface area (Å²) in [6, 6.07) is 8.70. The molecule has 0 aliphatic heterocycles. The van der Waals surface area contributed by atoms with Crippen molar-refractivity contribution in [1.82, 2.24) is 14.8 Å². The van der Waals surface area contributed by atoms with E-state index >= 15 is 0 Å². The molecule has 0 spiro atoms. The normalized spacial score (nSPS) is 10.8. The van der Waals surface area contributed by atoms with Gasteiger partial charge in [-0.15, -0.1) is 0 Å². The highest BCUT2D eigenvalue weighted by atomic mass is 19.2. The van der Waals surface area contributed by atoms with Crippen LogP contribution in [0.1, 0.15) is 5.56 Å². The predicted octanol–water partition coefficient (Wildman–Crippen LogP) is 3.44. The standard InChI is InChI=1S/C15H10F4N4/c16-11-13(12(17)15(19)22-14(11)18)20-8-9-3-1-4-10(7-9)23-6-2-5-21-23/h1-7H,8H2,(H,20,22). The monoisotopic (exact) mass is 322 g/mol. The number of benzene rings is 1. The molecule has 1 N–H and O–H groups in total. The number of rotatable bonds is 4. The Morgan fingerprint density at radius 3 is 2.39 bits per heavy atom. The SMILES string of the molecule is Fc1nc(F)c(F)c(NCc2cccc(-n3cccn3)c2)c1F. The minimum absolute atomic E-state index is 0.0359. The fraction of sp³-hybridized carbons (Fsp3) is 0.0667. The molecule has 0 amide bonds.